The highest BCUT2D eigenvalue weighted by atomic mass is 32.1. The molecule has 76 valence electrons. The third kappa shape index (κ3) is 3.59. The van der Waals surface area contributed by atoms with Gasteiger partial charge in [-0.25, -0.2) is 0 Å². The highest BCUT2D eigenvalue weighted by Crippen LogP contribution is 2.48. The standard InChI is InChI=1S/C10H19NOS/c1-2-4-10(5-6-10)8-11-9(12)3-7-13/h13H,2-8H2,1H3,(H,11,12). The van der Waals surface area contributed by atoms with Crippen LogP contribution in [0.5, 0.6) is 0 Å². The van der Waals surface area contributed by atoms with Crippen molar-refractivity contribution in [3.63, 3.8) is 0 Å². The molecule has 2 nitrogen and oxygen atoms in total. The third-order valence-electron chi connectivity index (χ3n) is 2.74. The molecule has 0 unspecified atom stereocenters. The average Bonchev–Trinajstić information content (AvgIpc) is 2.84. The quantitative estimate of drug-likeness (QED) is 0.632. The number of carbonyl (C=O) groups excluding carboxylic acids is 1. The fraction of sp³-hybridized carbons (Fsp3) is 0.900. The van der Waals surface area contributed by atoms with E-state index in [0.29, 0.717) is 17.6 Å². The lowest BCUT2D eigenvalue weighted by molar-refractivity contribution is -0.120. The molecule has 0 aromatic carbocycles. The Morgan fingerprint density at radius 3 is 2.69 bits per heavy atom. The van der Waals surface area contributed by atoms with Crippen molar-refractivity contribution in [1.29, 1.82) is 0 Å². The number of hydrogen-bond donors (Lipinski definition) is 2. The van der Waals surface area contributed by atoms with E-state index in [1.807, 2.05) is 0 Å². The maximum absolute atomic E-state index is 11.2. The van der Waals surface area contributed by atoms with Crippen LogP contribution in [0.4, 0.5) is 0 Å². The first kappa shape index (κ1) is 10.9. The fourth-order valence-corrected chi connectivity index (χ4v) is 1.90. The summed E-state index contributed by atoms with van der Waals surface area (Å²) < 4.78 is 0. The second-order valence-corrected chi connectivity index (χ2v) is 4.45. The van der Waals surface area contributed by atoms with Gasteiger partial charge in [0.1, 0.15) is 0 Å². The van der Waals surface area contributed by atoms with E-state index in [0.717, 1.165) is 6.54 Å². The molecule has 1 saturated carbocycles. The number of amides is 1. The minimum Gasteiger partial charge on any atom is -0.356 e. The molecule has 1 aliphatic rings. The molecule has 0 heterocycles. The van der Waals surface area contributed by atoms with Gasteiger partial charge in [-0.3, -0.25) is 4.79 Å². The van der Waals surface area contributed by atoms with Crippen LogP contribution in [0.2, 0.25) is 0 Å². The van der Waals surface area contributed by atoms with Gasteiger partial charge in [0.2, 0.25) is 5.91 Å². The average molecular weight is 201 g/mol. The Morgan fingerprint density at radius 1 is 1.54 bits per heavy atom. The molecule has 0 saturated heterocycles. The number of hydrogen-bond acceptors (Lipinski definition) is 2. The van der Waals surface area contributed by atoms with Crippen LogP contribution in [0.15, 0.2) is 0 Å². The van der Waals surface area contributed by atoms with E-state index >= 15 is 0 Å². The lowest BCUT2D eigenvalue weighted by atomic mass is 10.0. The van der Waals surface area contributed by atoms with Gasteiger partial charge in [0, 0.05) is 13.0 Å². The van der Waals surface area contributed by atoms with Crippen molar-refractivity contribution in [2.75, 3.05) is 12.3 Å². The van der Waals surface area contributed by atoms with Crippen molar-refractivity contribution in [3.8, 4) is 0 Å². The van der Waals surface area contributed by atoms with Crippen molar-refractivity contribution in [1.82, 2.24) is 5.32 Å². The zero-order chi connectivity index (χ0) is 9.73. The lowest BCUT2D eigenvalue weighted by Crippen LogP contribution is -2.30. The van der Waals surface area contributed by atoms with Gasteiger partial charge in [0.15, 0.2) is 0 Å². The van der Waals surface area contributed by atoms with Crippen molar-refractivity contribution in [3.05, 3.63) is 0 Å². The molecule has 3 heteroatoms. The predicted octanol–water partition coefficient (Wildman–Crippen LogP) is 2.00. The van der Waals surface area contributed by atoms with Crippen LogP contribution in [0.3, 0.4) is 0 Å². The molecule has 0 atom stereocenters. The molecule has 13 heavy (non-hydrogen) atoms. The van der Waals surface area contributed by atoms with Gasteiger partial charge in [-0.05, 0) is 30.4 Å². The summed E-state index contributed by atoms with van der Waals surface area (Å²) in [6.45, 7) is 3.09. The molecule has 1 aliphatic carbocycles. The Balaban J connectivity index is 2.14. The van der Waals surface area contributed by atoms with Gasteiger partial charge in [-0.15, -0.1) is 0 Å². The topological polar surface area (TPSA) is 29.1 Å². The summed E-state index contributed by atoms with van der Waals surface area (Å²) in [5.41, 5.74) is 0.473. The van der Waals surface area contributed by atoms with Crippen molar-refractivity contribution in [2.24, 2.45) is 5.41 Å². The van der Waals surface area contributed by atoms with Crippen molar-refractivity contribution < 1.29 is 4.79 Å². The second-order valence-electron chi connectivity index (χ2n) is 4.00. The van der Waals surface area contributed by atoms with E-state index in [1.165, 1.54) is 25.7 Å². The predicted molar refractivity (Wildman–Crippen MR) is 58.1 cm³/mol. The van der Waals surface area contributed by atoms with E-state index in [4.69, 9.17) is 0 Å². The first-order valence-corrected chi connectivity index (χ1v) is 5.73. The lowest BCUT2D eigenvalue weighted by Gasteiger charge is -2.14. The molecule has 1 rings (SSSR count). The third-order valence-corrected chi connectivity index (χ3v) is 2.96. The largest absolute Gasteiger partial charge is 0.356 e. The summed E-state index contributed by atoms with van der Waals surface area (Å²) in [5.74, 6) is 0.796. The Labute approximate surface area is 85.9 Å². The molecule has 0 aromatic rings. The van der Waals surface area contributed by atoms with Crippen LogP contribution in [0.25, 0.3) is 0 Å². The molecule has 1 amide bonds. The van der Waals surface area contributed by atoms with Gasteiger partial charge in [-0.1, -0.05) is 13.3 Å². The van der Waals surface area contributed by atoms with Crippen molar-refractivity contribution >= 4 is 18.5 Å². The molecule has 0 bridgehead atoms. The van der Waals surface area contributed by atoms with Gasteiger partial charge in [-0.2, -0.15) is 12.6 Å². The summed E-state index contributed by atoms with van der Waals surface area (Å²) >= 11 is 4.02. The number of rotatable bonds is 6. The van der Waals surface area contributed by atoms with E-state index in [2.05, 4.69) is 24.9 Å². The maximum atomic E-state index is 11.2. The van der Waals surface area contributed by atoms with E-state index in [9.17, 15) is 4.79 Å². The van der Waals surface area contributed by atoms with Crippen LogP contribution in [0.1, 0.15) is 39.0 Å². The van der Waals surface area contributed by atoms with E-state index < -0.39 is 0 Å². The highest BCUT2D eigenvalue weighted by Gasteiger charge is 2.41. The summed E-state index contributed by atoms with van der Waals surface area (Å²) in [6.07, 6.45) is 5.62. The molecule has 0 aliphatic heterocycles. The number of carbonyl (C=O) groups is 1. The minimum atomic E-state index is 0.150. The highest BCUT2D eigenvalue weighted by molar-refractivity contribution is 7.80. The molecule has 1 fully saturated rings. The molecular weight excluding hydrogens is 182 g/mol. The summed E-state index contributed by atoms with van der Waals surface area (Å²) in [4.78, 5) is 11.2. The van der Waals surface area contributed by atoms with E-state index in [-0.39, 0.29) is 5.91 Å². The van der Waals surface area contributed by atoms with Gasteiger partial charge >= 0.3 is 0 Å². The van der Waals surface area contributed by atoms with Gasteiger partial charge in [0.25, 0.3) is 0 Å². The van der Waals surface area contributed by atoms with Crippen LogP contribution in [0, 0.1) is 5.41 Å². The maximum Gasteiger partial charge on any atom is 0.220 e. The Morgan fingerprint density at radius 2 is 2.23 bits per heavy atom. The monoisotopic (exact) mass is 201 g/mol. The van der Waals surface area contributed by atoms with Crippen LogP contribution < -0.4 is 5.32 Å². The molecule has 0 aromatic heterocycles. The van der Waals surface area contributed by atoms with Gasteiger partial charge < -0.3 is 5.32 Å². The normalized spacial score (nSPS) is 18.3. The van der Waals surface area contributed by atoms with E-state index in [1.54, 1.807) is 0 Å². The van der Waals surface area contributed by atoms with Crippen molar-refractivity contribution in [2.45, 2.75) is 39.0 Å². The Bertz CT molecular complexity index is 178. The van der Waals surface area contributed by atoms with Crippen LogP contribution in [-0.2, 0) is 4.79 Å². The smallest absolute Gasteiger partial charge is 0.220 e. The van der Waals surface area contributed by atoms with Crippen LogP contribution >= 0.6 is 12.6 Å². The summed E-state index contributed by atoms with van der Waals surface area (Å²) in [6, 6.07) is 0. The molecule has 0 radical (unpaired) electrons. The number of nitrogens with one attached hydrogen (secondary N) is 1. The summed E-state index contributed by atoms with van der Waals surface area (Å²) in [5, 5.41) is 2.98. The first-order valence-electron chi connectivity index (χ1n) is 5.10. The first-order chi connectivity index (χ1) is 6.22. The van der Waals surface area contributed by atoms with Crippen LogP contribution in [-0.4, -0.2) is 18.2 Å². The number of thiol groups is 1. The Hall–Kier alpha value is -0.180. The zero-order valence-electron chi connectivity index (χ0n) is 8.31. The minimum absolute atomic E-state index is 0.150. The molecular formula is C10H19NOS. The molecule has 1 N–H and O–H groups in total. The van der Waals surface area contributed by atoms with Gasteiger partial charge in [0.05, 0.1) is 0 Å². The zero-order valence-corrected chi connectivity index (χ0v) is 9.20. The Kier molecular flexibility index (Phi) is 4.10. The molecule has 0 spiro atoms. The SMILES string of the molecule is CCCC1(CNC(=O)CCS)CC1. The second kappa shape index (κ2) is 4.89. The fourth-order valence-electron chi connectivity index (χ4n) is 1.70. The summed E-state index contributed by atoms with van der Waals surface area (Å²) in [7, 11) is 0.